The van der Waals surface area contributed by atoms with Crippen molar-refractivity contribution in [2.45, 2.75) is 6.16 Å². The quantitative estimate of drug-likeness (QED) is 0.352. The molecular weight excluding hydrogens is 363 g/mol. The summed E-state index contributed by atoms with van der Waals surface area (Å²) >= 11 is 0. The first-order valence-electron chi connectivity index (χ1n) is 9.34. The largest absolute Gasteiger partial charge is 0.464 e. The van der Waals surface area contributed by atoms with Gasteiger partial charge in [-0.1, -0.05) is 91.0 Å². The highest BCUT2D eigenvalue weighted by atomic mass is 31.2. The van der Waals surface area contributed by atoms with Crippen LogP contribution in [-0.4, -0.2) is 0 Å². The number of hydrogen-bond acceptors (Lipinski definition) is 2. The first-order chi connectivity index (χ1) is 13.8. The van der Waals surface area contributed by atoms with E-state index in [0.717, 1.165) is 37.9 Å². The lowest BCUT2D eigenvalue weighted by molar-refractivity contribution is 0.585. The first-order valence-corrected chi connectivity index (χ1v) is 11.2. The SMILES string of the molecule is O=P(Cc1coc2ccc3ccccc3c12)(c1ccccc1)c1ccccc1. The van der Waals surface area contributed by atoms with Crippen molar-refractivity contribution in [1.29, 1.82) is 0 Å². The molecule has 0 radical (unpaired) electrons. The van der Waals surface area contributed by atoms with E-state index in [0.29, 0.717) is 6.16 Å². The molecule has 0 aliphatic heterocycles. The van der Waals surface area contributed by atoms with Gasteiger partial charge < -0.3 is 8.98 Å². The zero-order valence-electron chi connectivity index (χ0n) is 15.3. The molecule has 5 aromatic rings. The molecule has 0 amide bonds. The molecule has 4 aromatic carbocycles. The summed E-state index contributed by atoms with van der Waals surface area (Å²) in [6.45, 7) is 0. The number of hydrogen-bond donors (Lipinski definition) is 0. The summed E-state index contributed by atoms with van der Waals surface area (Å²) in [5.74, 6) is 0. The molecule has 136 valence electrons. The van der Waals surface area contributed by atoms with Crippen LogP contribution in [0.3, 0.4) is 0 Å². The summed E-state index contributed by atoms with van der Waals surface area (Å²) in [5, 5.41) is 5.10. The van der Waals surface area contributed by atoms with Gasteiger partial charge in [0.25, 0.3) is 0 Å². The van der Waals surface area contributed by atoms with E-state index in [2.05, 4.69) is 18.2 Å². The minimum absolute atomic E-state index is 0.433. The van der Waals surface area contributed by atoms with Crippen LogP contribution >= 0.6 is 7.14 Å². The van der Waals surface area contributed by atoms with Gasteiger partial charge in [0.1, 0.15) is 12.7 Å². The highest BCUT2D eigenvalue weighted by Crippen LogP contribution is 2.48. The molecule has 0 fully saturated rings. The van der Waals surface area contributed by atoms with Crippen LogP contribution in [0.15, 0.2) is 108 Å². The third-order valence-electron chi connectivity index (χ3n) is 5.28. The smallest absolute Gasteiger partial charge is 0.147 e. The lowest BCUT2D eigenvalue weighted by atomic mass is 10.0. The Morgan fingerprint density at radius 3 is 1.96 bits per heavy atom. The van der Waals surface area contributed by atoms with Crippen LogP contribution in [0, 0.1) is 0 Å². The molecule has 0 aliphatic rings. The van der Waals surface area contributed by atoms with Gasteiger partial charge in [0.15, 0.2) is 0 Å². The van der Waals surface area contributed by atoms with Crippen LogP contribution in [0.1, 0.15) is 5.56 Å². The summed E-state index contributed by atoms with van der Waals surface area (Å²) in [6.07, 6.45) is 2.21. The van der Waals surface area contributed by atoms with E-state index >= 15 is 0 Å². The average Bonchev–Trinajstić information content (AvgIpc) is 3.18. The van der Waals surface area contributed by atoms with E-state index in [1.54, 1.807) is 6.26 Å². The van der Waals surface area contributed by atoms with Crippen molar-refractivity contribution in [3.05, 3.63) is 109 Å². The van der Waals surface area contributed by atoms with Crippen molar-refractivity contribution >= 4 is 39.5 Å². The van der Waals surface area contributed by atoms with Crippen LogP contribution in [0.2, 0.25) is 0 Å². The van der Waals surface area contributed by atoms with Crippen molar-refractivity contribution in [3.63, 3.8) is 0 Å². The molecule has 0 bridgehead atoms. The average molecular weight is 382 g/mol. The molecule has 3 heteroatoms. The molecule has 0 spiro atoms. The molecule has 0 unspecified atom stereocenters. The second-order valence-corrected chi connectivity index (χ2v) is 9.82. The second kappa shape index (κ2) is 6.82. The van der Waals surface area contributed by atoms with Gasteiger partial charge in [0, 0.05) is 27.7 Å². The zero-order valence-corrected chi connectivity index (χ0v) is 16.2. The monoisotopic (exact) mass is 382 g/mol. The van der Waals surface area contributed by atoms with Crippen molar-refractivity contribution < 1.29 is 8.98 Å². The van der Waals surface area contributed by atoms with Crippen LogP contribution in [0.5, 0.6) is 0 Å². The molecule has 0 saturated carbocycles. The van der Waals surface area contributed by atoms with Crippen LogP contribution < -0.4 is 10.6 Å². The highest BCUT2D eigenvalue weighted by molar-refractivity contribution is 7.78. The van der Waals surface area contributed by atoms with E-state index in [9.17, 15) is 4.57 Å². The van der Waals surface area contributed by atoms with Gasteiger partial charge in [-0.15, -0.1) is 0 Å². The predicted octanol–water partition coefficient (Wildman–Crippen LogP) is 6.10. The fourth-order valence-corrected chi connectivity index (χ4v) is 6.58. The van der Waals surface area contributed by atoms with Gasteiger partial charge in [-0.3, -0.25) is 0 Å². The summed E-state index contributed by atoms with van der Waals surface area (Å²) < 4.78 is 20.3. The van der Waals surface area contributed by atoms with Crippen molar-refractivity contribution in [1.82, 2.24) is 0 Å². The molecule has 0 atom stereocenters. The Kier molecular flexibility index (Phi) is 4.15. The third-order valence-corrected chi connectivity index (χ3v) is 8.33. The molecule has 0 aliphatic carbocycles. The third kappa shape index (κ3) is 2.78. The zero-order chi connectivity index (χ0) is 19.0. The van der Waals surface area contributed by atoms with Crippen LogP contribution in [0.4, 0.5) is 0 Å². The Balaban J connectivity index is 1.73. The van der Waals surface area contributed by atoms with Crippen molar-refractivity contribution in [3.8, 4) is 0 Å². The molecule has 0 saturated heterocycles. The maximum Gasteiger partial charge on any atom is 0.147 e. The highest BCUT2D eigenvalue weighted by Gasteiger charge is 2.29. The Morgan fingerprint density at radius 2 is 1.29 bits per heavy atom. The molecular formula is C25H19O2P. The molecule has 0 N–H and O–H groups in total. The molecule has 1 heterocycles. The summed E-state index contributed by atoms with van der Waals surface area (Å²) in [5.41, 5.74) is 1.82. The topological polar surface area (TPSA) is 30.2 Å². The summed E-state index contributed by atoms with van der Waals surface area (Å²) in [4.78, 5) is 0. The summed E-state index contributed by atoms with van der Waals surface area (Å²) in [7, 11) is -2.86. The van der Waals surface area contributed by atoms with E-state index in [-0.39, 0.29) is 0 Å². The van der Waals surface area contributed by atoms with Gasteiger partial charge in [-0.2, -0.15) is 0 Å². The molecule has 1 aromatic heterocycles. The van der Waals surface area contributed by atoms with Crippen LogP contribution in [-0.2, 0) is 10.7 Å². The standard InChI is InChI=1S/C25H19O2P/c26-28(21-10-3-1-4-11-21,22-12-5-2-6-13-22)18-20-17-27-24-16-15-19-9-7-8-14-23(19)25(20)24/h1-17H,18H2. The number of benzene rings is 4. The molecule has 5 rings (SSSR count). The van der Waals surface area contributed by atoms with E-state index in [1.165, 1.54) is 0 Å². The Bertz CT molecular complexity index is 1260. The van der Waals surface area contributed by atoms with Gasteiger partial charge in [-0.05, 0) is 16.8 Å². The second-order valence-electron chi connectivity index (χ2n) is 6.99. The van der Waals surface area contributed by atoms with Gasteiger partial charge in [0.2, 0.25) is 0 Å². The van der Waals surface area contributed by atoms with E-state index in [4.69, 9.17) is 4.42 Å². The molecule has 2 nitrogen and oxygen atoms in total. The fourth-order valence-electron chi connectivity index (χ4n) is 3.90. The number of fused-ring (bicyclic) bond motifs is 3. The first kappa shape index (κ1) is 17.0. The Morgan fingerprint density at radius 1 is 0.679 bits per heavy atom. The van der Waals surface area contributed by atoms with E-state index in [1.807, 2.05) is 78.9 Å². The number of rotatable bonds is 4. The maximum absolute atomic E-state index is 14.4. The van der Waals surface area contributed by atoms with E-state index < -0.39 is 7.14 Å². The Labute approximate surface area is 163 Å². The van der Waals surface area contributed by atoms with Crippen molar-refractivity contribution in [2.75, 3.05) is 0 Å². The lowest BCUT2D eigenvalue weighted by Gasteiger charge is -2.19. The normalized spacial score (nSPS) is 11.9. The Hall–Kier alpha value is -3.09. The predicted molar refractivity (Wildman–Crippen MR) is 117 cm³/mol. The van der Waals surface area contributed by atoms with Crippen molar-refractivity contribution in [2.24, 2.45) is 0 Å². The van der Waals surface area contributed by atoms with Gasteiger partial charge >= 0.3 is 0 Å². The van der Waals surface area contributed by atoms with Gasteiger partial charge in [-0.25, -0.2) is 0 Å². The lowest BCUT2D eigenvalue weighted by Crippen LogP contribution is -2.17. The molecule has 28 heavy (non-hydrogen) atoms. The van der Waals surface area contributed by atoms with Crippen LogP contribution in [0.25, 0.3) is 21.7 Å². The number of furan rings is 1. The van der Waals surface area contributed by atoms with Gasteiger partial charge in [0.05, 0.1) is 6.26 Å². The minimum atomic E-state index is -2.86. The fraction of sp³-hybridized carbons (Fsp3) is 0.0400. The minimum Gasteiger partial charge on any atom is -0.464 e. The summed E-state index contributed by atoms with van der Waals surface area (Å²) in [6, 6.07) is 31.9. The maximum atomic E-state index is 14.4.